The number of nitrogens with zero attached hydrogens (tertiary/aromatic N) is 3. The van der Waals surface area contributed by atoms with Crippen molar-refractivity contribution >= 4 is 35.8 Å². The summed E-state index contributed by atoms with van der Waals surface area (Å²) in [5.41, 5.74) is 1.01. The monoisotopic (exact) mass is 711 g/mol. The molecular weight excluding hydrogens is 679 g/mol. The van der Waals surface area contributed by atoms with Crippen LogP contribution >= 0.6 is 11.3 Å². The van der Waals surface area contributed by atoms with Crippen molar-refractivity contribution in [3.8, 4) is 0 Å². The minimum Gasteiger partial charge on any atom is -0.0533 e. The number of likely N-dealkylation sites (tertiary alicyclic amines) is 1. The van der Waals surface area contributed by atoms with Crippen LogP contribution in [-0.4, -0.2) is 41.4 Å². The first-order valence-electron chi connectivity index (χ1n) is 10.9. The summed E-state index contributed by atoms with van der Waals surface area (Å²) in [6.45, 7) is 6.00. The molecule has 2 fully saturated rings. The van der Waals surface area contributed by atoms with Crippen LogP contribution in [0.25, 0.3) is 6.08 Å². The van der Waals surface area contributed by atoms with Crippen LogP contribution in [0.2, 0.25) is 0 Å². The van der Waals surface area contributed by atoms with Crippen molar-refractivity contribution in [1.82, 2.24) is 9.88 Å². The Bertz CT molecular complexity index is 703. The van der Waals surface area contributed by atoms with Crippen molar-refractivity contribution in [2.75, 3.05) is 13.1 Å². The van der Waals surface area contributed by atoms with E-state index in [1.807, 2.05) is 24.8 Å². The summed E-state index contributed by atoms with van der Waals surface area (Å²) >= 11 is 4.09. The third-order valence-electron chi connectivity index (χ3n) is 5.19. The summed E-state index contributed by atoms with van der Waals surface area (Å²) in [7, 11) is 6.41. The molecule has 2 radical (unpaired) electrons. The van der Waals surface area contributed by atoms with E-state index in [0.29, 0.717) is 5.92 Å². The van der Waals surface area contributed by atoms with E-state index in [1.54, 1.807) is 17.5 Å². The molecule has 30 heavy (non-hydrogen) atoms. The van der Waals surface area contributed by atoms with Crippen LogP contribution in [0.3, 0.4) is 0 Å². The van der Waals surface area contributed by atoms with Crippen molar-refractivity contribution in [2.24, 2.45) is 10.9 Å². The molecule has 0 atom stereocenters. The fraction of sp³-hybridized carbons (Fsp3) is 0.565. The van der Waals surface area contributed by atoms with Crippen LogP contribution in [0.15, 0.2) is 22.9 Å². The zero-order valence-electron chi connectivity index (χ0n) is 18.5. The van der Waals surface area contributed by atoms with Gasteiger partial charge in [0.2, 0.25) is 0 Å². The maximum atomic E-state index is 6.41. The average Bonchev–Trinajstić information content (AvgIpc) is 3.39. The smallest absolute Gasteiger partial charge is 0.0533 e. The fourth-order valence-electron chi connectivity index (χ4n) is 3.64. The van der Waals surface area contributed by atoms with Gasteiger partial charge < -0.3 is 0 Å². The molecule has 2 aliphatic rings. The first-order chi connectivity index (χ1) is 14.3. The molecule has 1 saturated heterocycles. The molecule has 1 aliphatic carbocycles. The molecule has 1 aromatic heterocycles. The molecule has 3 nitrogen and oxygen atoms in total. The summed E-state index contributed by atoms with van der Waals surface area (Å²) in [5.74, 6) is 1.50. The van der Waals surface area contributed by atoms with Gasteiger partial charge in [-0.2, -0.15) is 0 Å². The summed E-state index contributed by atoms with van der Waals surface area (Å²) < 4.78 is 1.98. The van der Waals surface area contributed by atoms with Gasteiger partial charge in [-0.25, -0.2) is 0 Å². The van der Waals surface area contributed by atoms with Gasteiger partial charge in [0, 0.05) is 0 Å². The Kier molecular flexibility index (Phi) is 13.1. The van der Waals surface area contributed by atoms with Gasteiger partial charge in [-0.1, -0.05) is 46.0 Å². The zero-order chi connectivity index (χ0) is 20.9. The van der Waals surface area contributed by atoms with Crippen LogP contribution in [0.1, 0.15) is 75.1 Å². The third kappa shape index (κ3) is 8.45. The minimum atomic E-state index is 0. The Labute approximate surface area is 191 Å². The Morgan fingerprint density at radius 1 is 1.30 bits per heavy atom. The molecule has 3 rings (SSSR count). The summed E-state index contributed by atoms with van der Waals surface area (Å²) in [5, 5.41) is 0.841. The van der Waals surface area contributed by atoms with Gasteiger partial charge >= 0.3 is 146 Å². The second-order valence-electron chi connectivity index (χ2n) is 7.17. The second-order valence-corrected chi connectivity index (χ2v) is 8.63. The number of aromatic nitrogens is 1. The van der Waals surface area contributed by atoms with Gasteiger partial charge in [-0.15, -0.1) is 0 Å². The number of hydrogen-bond donors (Lipinski definition) is 0. The maximum absolute atomic E-state index is 6.41. The number of aliphatic imine (C=N–C) groups is 1. The molecule has 157 valence electrons. The molecule has 0 N–H and O–H groups in total. The fourth-order valence-corrected chi connectivity index (χ4v) is 4.74. The zero-order valence-corrected chi connectivity index (χ0v) is 27.1. The van der Waals surface area contributed by atoms with Crippen LogP contribution in [0.4, 0.5) is 0 Å². The van der Waals surface area contributed by atoms with Gasteiger partial charge in [0.15, 0.2) is 0 Å². The van der Waals surface area contributed by atoms with E-state index in [-0.39, 0.29) is 0 Å². The first kappa shape index (κ1) is 26.1. The van der Waals surface area contributed by atoms with E-state index in [1.165, 1.54) is 44.9 Å². The van der Waals surface area contributed by atoms with E-state index in [0.717, 1.165) is 40.7 Å². The van der Waals surface area contributed by atoms with Gasteiger partial charge in [0.1, 0.15) is 0 Å². The standard InChI is InChI=1S/C21H26BN3S.C2H6.Rf.V/c1-17(25-13-7-8-14-25)23-12-11-21-24-16-19(26-21)15-20(22)18-9-5-3-2-4-6-10-18;1-2;;/h1,7,12,15-16,18H,2-6,8-10,13-14H2;1-2H3;;/q-2;;;/b20-15-,23-17?;;;. The number of hydrogen-bond acceptors (Lipinski definition) is 3. The van der Waals surface area contributed by atoms with Crippen LogP contribution < -0.4 is 0 Å². The van der Waals surface area contributed by atoms with E-state index < -0.39 is 0 Å². The Morgan fingerprint density at radius 3 is 2.63 bits per heavy atom. The molecule has 0 bridgehead atoms. The molecule has 7 heteroatoms. The van der Waals surface area contributed by atoms with Gasteiger partial charge in [-0.3, -0.25) is 0 Å². The SMILES string of the molecule is CC.[B]/C(=C\c1cnc([C-]=CN=C([CH]=[V])N2C[CH-]CC2)s1)C1CCCCCCC1.[Rf]. The predicted molar refractivity (Wildman–Crippen MR) is 124 cm³/mol. The van der Waals surface area contributed by atoms with Crippen molar-refractivity contribution in [2.45, 2.75) is 65.2 Å². The molecule has 0 spiro atoms. The van der Waals surface area contributed by atoms with Gasteiger partial charge in [0.05, 0.1) is 0 Å². The normalized spacial score (nSPS) is 18.9. The topological polar surface area (TPSA) is 28.5 Å². The summed E-state index contributed by atoms with van der Waals surface area (Å²) in [6, 6.07) is 0. The average molecular weight is 711 g/mol. The van der Waals surface area contributed by atoms with Crippen molar-refractivity contribution in [1.29, 1.82) is 0 Å². The van der Waals surface area contributed by atoms with Crippen molar-refractivity contribution < 1.29 is 17.0 Å². The molecule has 2 heterocycles. The molecule has 1 aliphatic heterocycles. The second kappa shape index (κ2) is 15.0. The van der Waals surface area contributed by atoms with E-state index in [4.69, 9.17) is 7.85 Å². The Hall–Kier alpha value is -1.90. The predicted octanol–water partition coefficient (Wildman–Crippen LogP) is 5.36. The molecular formula is C23H32BN3RfSV-2. The molecule has 1 saturated carbocycles. The number of rotatable bonds is 5. The van der Waals surface area contributed by atoms with Crippen LogP contribution in [-0.2, 0) is 17.0 Å². The third-order valence-corrected chi connectivity index (χ3v) is 6.42. The quantitative estimate of drug-likeness (QED) is 0.178. The molecule has 1 aromatic rings. The van der Waals surface area contributed by atoms with E-state index >= 15 is 0 Å². The van der Waals surface area contributed by atoms with Crippen molar-refractivity contribution in [3.05, 3.63) is 40.3 Å². The van der Waals surface area contributed by atoms with Crippen molar-refractivity contribution in [3.63, 3.8) is 0 Å². The summed E-state index contributed by atoms with van der Waals surface area (Å²) in [4.78, 5) is 12.3. The van der Waals surface area contributed by atoms with Gasteiger partial charge in [-0.05, 0) is 0 Å². The summed E-state index contributed by atoms with van der Waals surface area (Å²) in [6.07, 6.45) is 21.4. The first-order valence-corrected chi connectivity index (χ1v) is 12.5. The molecule has 0 unspecified atom stereocenters. The van der Waals surface area contributed by atoms with Gasteiger partial charge in [0.25, 0.3) is 0 Å². The van der Waals surface area contributed by atoms with E-state index in [2.05, 4.69) is 50.4 Å². The van der Waals surface area contributed by atoms with E-state index in [9.17, 15) is 0 Å². The molecule has 0 aromatic carbocycles. The number of thiazole rings is 1. The Morgan fingerprint density at radius 2 is 2.00 bits per heavy atom. The Balaban J connectivity index is 0.00000146. The number of allylic oxidation sites excluding steroid dienone is 1. The number of amidine groups is 1. The minimum absolute atomic E-state index is 0. The van der Waals surface area contributed by atoms with Crippen LogP contribution in [0, 0.1) is 18.4 Å². The molecule has 0 amide bonds. The van der Waals surface area contributed by atoms with Crippen LogP contribution in [0.5, 0.6) is 0 Å².